The number of amidine groups is 1. The Morgan fingerprint density at radius 3 is 2.96 bits per heavy atom. The molecular formula is C16H16N4OS3. The maximum Gasteiger partial charge on any atom is 0.189 e. The number of benzene rings is 1. The molecule has 0 radical (unpaired) electrons. The van der Waals surface area contributed by atoms with Crippen molar-refractivity contribution in [2.24, 2.45) is 10.7 Å². The van der Waals surface area contributed by atoms with Crippen molar-refractivity contribution in [3.8, 4) is 5.75 Å². The lowest BCUT2D eigenvalue weighted by Crippen LogP contribution is -2.10. The third-order valence-corrected chi connectivity index (χ3v) is 6.02. The van der Waals surface area contributed by atoms with E-state index in [0.29, 0.717) is 11.7 Å². The smallest absolute Gasteiger partial charge is 0.189 e. The van der Waals surface area contributed by atoms with Crippen molar-refractivity contribution in [3.05, 3.63) is 46.7 Å². The summed E-state index contributed by atoms with van der Waals surface area (Å²) < 4.78 is 6.42. The summed E-state index contributed by atoms with van der Waals surface area (Å²) in [6.07, 6.45) is 2.04. The van der Waals surface area contributed by atoms with Crippen LogP contribution in [0.2, 0.25) is 0 Å². The van der Waals surface area contributed by atoms with Crippen molar-refractivity contribution in [2.75, 3.05) is 18.7 Å². The second-order valence-electron chi connectivity index (χ2n) is 4.69. The second kappa shape index (κ2) is 7.69. The van der Waals surface area contributed by atoms with Crippen LogP contribution >= 0.6 is 34.4 Å². The normalized spacial score (nSPS) is 11.5. The zero-order chi connectivity index (χ0) is 16.9. The van der Waals surface area contributed by atoms with Crippen molar-refractivity contribution in [1.29, 1.82) is 0 Å². The van der Waals surface area contributed by atoms with E-state index < -0.39 is 0 Å². The van der Waals surface area contributed by atoms with E-state index in [0.717, 1.165) is 21.4 Å². The standard InChI is InChI=1S/C16H16N4OS3/c1-21-11-5-3-4-10(8-11)18-16-20-13(9-23-16)19-15(17)12-6-7-14(22-2)24-12/h3-9H,1-2H3,(H2,17,19)(H,18,20). The monoisotopic (exact) mass is 376 g/mol. The first-order valence-corrected chi connectivity index (χ1v) is 9.95. The summed E-state index contributed by atoms with van der Waals surface area (Å²) in [6, 6.07) is 11.7. The molecular weight excluding hydrogens is 360 g/mol. The average molecular weight is 377 g/mol. The molecule has 1 aromatic carbocycles. The fraction of sp³-hybridized carbons (Fsp3) is 0.125. The highest BCUT2D eigenvalue weighted by atomic mass is 32.2. The predicted octanol–water partition coefficient (Wildman–Crippen LogP) is 4.72. The van der Waals surface area contributed by atoms with E-state index in [1.165, 1.54) is 15.5 Å². The van der Waals surface area contributed by atoms with Crippen molar-refractivity contribution in [1.82, 2.24) is 4.98 Å². The van der Waals surface area contributed by atoms with Gasteiger partial charge >= 0.3 is 0 Å². The minimum Gasteiger partial charge on any atom is -0.497 e. The predicted molar refractivity (Wildman–Crippen MR) is 105 cm³/mol. The molecule has 0 fully saturated rings. The van der Waals surface area contributed by atoms with Gasteiger partial charge in [-0.25, -0.2) is 9.98 Å². The number of aliphatic imine (C=N–C) groups is 1. The van der Waals surface area contributed by atoms with Crippen molar-refractivity contribution >= 4 is 56.9 Å². The van der Waals surface area contributed by atoms with E-state index in [1.54, 1.807) is 30.2 Å². The van der Waals surface area contributed by atoms with Crippen LogP contribution < -0.4 is 15.8 Å². The first kappa shape index (κ1) is 16.8. The molecule has 124 valence electrons. The van der Waals surface area contributed by atoms with Crippen LogP contribution in [0.5, 0.6) is 5.75 Å². The molecule has 8 heteroatoms. The molecule has 0 spiro atoms. The molecule has 3 rings (SSSR count). The van der Waals surface area contributed by atoms with Gasteiger partial charge in [0, 0.05) is 17.1 Å². The molecule has 0 atom stereocenters. The molecule has 3 aromatic rings. The van der Waals surface area contributed by atoms with Crippen LogP contribution in [0.25, 0.3) is 0 Å². The van der Waals surface area contributed by atoms with Crippen LogP contribution in [-0.4, -0.2) is 24.2 Å². The molecule has 0 aliphatic rings. The fourth-order valence-electron chi connectivity index (χ4n) is 1.94. The van der Waals surface area contributed by atoms with Gasteiger partial charge in [0.25, 0.3) is 0 Å². The Bertz CT molecular complexity index is 856. The van der Waals surface area contributed by atoms with Gasteiger partial charge < -0.3 is 15.8 Å². The largest absolute Gasteiger partial charge is 0.497 e. The molecule has 0 unspecified atom stereocenters. The Labute approximate surface area is 152 Å². The molecule has 0 aliphatic heterocycles. The van der Waals surface area contributed by atoms with Gasteiger partial charge in [0.05, 0.1) is 16.2 Å². The third kappa shape index (κ3) is 4.08. The second-order valence-corrected chi connectivity index (χ2v) is 7.74. The zero-order valence-corrected chi connectivity index (χ0v) is 15.6. The maximum absolute atomic E-state index is 6.07. The number of nitrogens with zero attached hydrogens (tertiary/aromatic N) is 2. The summed E-state index contributed by atoms with van der Waals surface area (Å²) in [7, 11) is 1.64. The number of aromatic nitrogens is 1. The van der Waals surface area contributed by atoms with Crippen LogP contribution in [0.3, 0.4) is 0 Å². The molecule has 3 N–H and O–H groups in total. The van der Waals surface area contributed by atoms with Gasteiger partial charge in [0.2, 0.25) is 0 Å². The number of rotatable bonds is 6. The minimum atomic E-state index is 0.485. The number of nitrogens with one attached hydrogen (secondary N) is 1. The number of thiazole rings is 1. The zero-order valence-electron chi connectivity index (χ0n) is 13.1. The Morgan fingerprint density at radius 2 is 2.21 bits per heavy atom. The number of ether oxygens (including phenoxy) is 1. The number of thiophene rings is 1. The van der Waals surface area contributed by atoms with E-state index in [-0.39, 0.29) is 0 Å². The first-order chi connectivity index (χ1) is 11.7. The molecule has 2 aromatic heterocycles. The van der Waals surface area contributed by atoms with E-state index >= 15 is 0 Å². The lowest BCUT2D eigenvalue weighted by atomic mass is 10.3. The topological polar surface area (TPSA) is 72.5 Å². The molecule has 24 heavy (non-hydrogen) atoms. The summed E-state index contributed by atoms with van der Waals surface area (Å²) >= 11 is 4.80. The van der Waals surface area contributed by atoms with Gasteiger partial charge in [-0.2, -0.15) is 0 Å². The fourth-order valence-corrected chi connectivity index (χ4v) is 4.04. The summed E-state index contributed by atoms with van der Waals surface area (Å²) in [5.41, 5.74) is 6.99. The molecule has 0 saturated carbocycles. The van der Waals surface area contributed by atoms with Crippen LogP contribution in [0.1, 0.15) is 4.88 Å². The van der Waals surface area contributed by atoms with E-state index in [9.17, 15) is 0 Å². The SMILES string of the molecule is COc1cccc(Nc2nc(N=C(N)c3ccc(SC)s3)cs2)c1. The van der Waals surface area contributed by atoms with Gasteiger partial charge in [-0.05, 0) is 30.5 Å². The molecule has 2 heterocycles. The molecule has 0 aliphatic carbocycles. The Balaban J connectivity index is 1.73. The van der Waals surface area contributed by atoms with Gasteiger partial charge in [0.15, 0.2) is 10.9 Å². The number of hydrogen-bond donors (Lipinski definition) is 2. The van der Waals surface area contributed by atoms with Crippen molar-refractivity contribution in [2.45, 2.75) is 4.21 Å². The molecule has 5 nitrogen and oxygen atoms in total. The lowest BCUT2D eigenvalue weighted by molar-refractivity contribution is 0.415. The average Bonchev–Trinajstić information content (AvgIpc) is 3.24. The van der Waals surface area contributed by atoms with Crippen molar-refractivity contribution in [3.63, 3.8) is 0 Å². The quantitative estimate of drug-likeness (QED) is 0.370. The lowest BCUT2D eigenvalue weighted by Gasteiger charge is -2.04. The minimum absolute atomic E-state index is 0.485. The summed E-state index contributed by atoms with van der Waals surface area (Å²) in [4.78, 5) is 9.81. The van der Waals surface area contributed by atoms with E-state index in [1.807, 2.05) is 48.0 Å². The summed E-state index contributed by atoms with van der Waals surface area (Å²) in [6.45, 7) is 0. The number of thioether (sulfide) groups is 1. The first-order valence-electron chi connectivity index (χ1n) is 7.03. The summed E-state index contributed by atoms with van der Waals surface area (Å²) in [5, 5.41) is 5.87. The molecule has 0 amide bonds. The van der Waals surface area contributed by atoms with Gasteiger partial charge in [-0.1, -0.05) is 6.07 Å². The molecule has 0 saturated heterocycles. The van der Waals surface area contributed by atoms with Crippen LogP contribution in [-0.2, 0) is 0 Å². The Kier molecular flexibility index (Phi) is 5.39. The van der Waals surface area contributed by atoms with Crippen LogP contribution in [0.4, 0.5) is 16.6 Å². The van der Waals surface area contributed by atoms with Gasteiger partial charge in [0.1, 0.15) is 11.6 Å². The summed E-state index contributed by atoms with van der Waals surface area (Å²) in [5.74, 6) is 1.88. The van der Waals surface area contributed by atoms with Crippen LogP contribution in [0, 0.1) is 0 Å². The highest BCUT2D eigenvalue weighted by Crippen LogP contribution is 2.28. The van der Waals surface area contributed by atoms with Gasteiger partial charge in [-0.15, -0.1) is 34.4 Å². The van der Waals surface area contributed by atoms with Gasteiger partial charge in [-0.3, -0.25) is 0 Å². The highest BCUT2D eigenvalue weighted by Gasteiger charge is 2.06. The number of anilines is 2. The number of hydrogen-bond acceptors (Lipinski definition) is 7. The Hall–Kier alpha value is -2.03. The van der Waals surface area contributed by atoms with E-state index in [2.05, 4.69) is 15.3 Å². The number of methoxy groups -OCH3 is 1. The van der Waals surface area contributed by atoms with Crippen LogP contribution in [0.15, 0.2) is 51.0 Å². The maximum atomic E-state index is 6.07. The highest BCUT2D eigenvalue weighted by molar-refractivity contribution is 8.00. The van der Waals surface area contributed by atoms with E-state index in [4.69, 9.17) is 10.5 Å². The number of nitrogens with two attached hydrogens (primary N) is 1. The molecule has 0 bridgehead atoms. The Morgan fingerprint density at radius 1 is 1.33 bits per heavy atom. The third-order valence-electron chi connectivity index (χ3n) is 3.08. The van der Waals surface area contributed by atoms with Crippen molar-refractivity contribution < 1.29 is 4.74 Å².